The molecule has 1 fully saturated rings. The van der Waals surface area contributed by atoms with E-state index in [4.69, 9.17) is 5.11 Å². The molecule has 6 heteroatoms. The molecule has 0 aromatic heterocycles. The van der Waals surface area contributed by atoms with Crippen molar-refractivity contribution in [1.82, 2.24) is 0 Å². The molecule has 0 saturated heterocycles. The highest BCUT2D eigenvalue weighted by molar-refractivity contribution is 7.85. The zero-order valence-corrected chi connectivity index (χ0v) is 12.7. The fraction of sp³-hybridized carbons (Fsp3) is 0.467. The minimum atomic E-state index is -1.33. The second-order valence-corrected chi connectivity index (χ2v) is 7.17. The van der Waals surface area contributed by atoms with Gasteiger partial charge in [0, 0.05) is 22.2 Å². The monoisotopic (exact) mass is 309 g/mol. The Hall–Kier alpha value is -1.69. The summed E-state index contributed by atoms with van der Waals surface area (Å²) in [6.45, 7) is 1.93. The minimum Gasteiger partial charge on any atom is -0.481 e. The van der Waals surface area contributed by atoms with Crippen molar-refractivity contribution in [3.63, 3.8) is 0 Å². The van der Waals surface area contributed by atoms with Crippen LogP contribution in [0.3, 0.4) is 0 Å². The molecule has 1 unspecified atom stereocenters. The first kappa shape index (κ1) is 15.7. The standard InChI is InChI=1S/C15H19NO4S/c1-11-3-2-4-12(7-11)16-13(17)9-21(20)10-15(5-6-15)8-14(18)19/h2-4,7H,5-6,8-10H2,1H3,(H,16,17)(H,18,19). The van der Waals surface area contributed by atoms with E-state index in [1.165, 1.54) is 0 Å². The van der Waals surface area contributed by atoms with E-state index in [2.05, 4.69) is 5.32 Å². The first-order chi connectivity index (χ1) is 9.88. The molecule has 1 amide bonds. The number of carboxylic acid groups (broad SMARTS) is 1. The second kappa shape index (κ2) is 6.39. The molecule has 21 heavy (non-hydrogen) atoms. The lowest BCUT2D eigenvalue weighted by atomic mass is 10.1. The highest BCUT2D eigenvalue weighted by Crippen LogP contribution is 2.49. The van der Waals surface area contributed by atoms with Crippen LogP contribution in [0.15, 0.2) is 24.3 Å². The quantitative estimate of drug-likeness (QED) is 0.806. The molecule has 0 radical (unpaired) electrons. The third kappa shape index (κ3) is 4.97. The molecule has 1 saturated carbocycles. The highest BCUT2D eigenvalue weighted by atomic mass is 32.2. The van der Waals surface area contributed by atoms with Gasteiger partial charge in [-0.1, -0.05) is 12.1 Å². The van der Waals surface area contributed by atoms with Crippen LogP contribution in [0, 0.1) is 12.3 Å². The summed E-state index contributed by atoms with van der Waals surface area (Å²) in [5.74, 6) is -0.964. The van der Waals surface area contributed by atoms with E-state index in [0.717, 1.165) is 18.4 Å². The highest BCUT2D eigenvalue weighted by Gasteiger charge is 2.45. The maximum Gasteiger partial charge on any atom is 0.303 e. The van der Waals surface area contributed by atoms with Gasteiger partial charge in [-0.25, -0.2) is 0 Å². The Labute approximate surface area is 126 Å². The van der Waals surface area contributed by atoms with Crippen molar-refractivity contribution in [3.05, 3.63) is 29.8 Å². The first-order valence-corrected chi connectivity index (χ1v) is 8.31. The molecule has 5 nitrogen and oxygen atoms in total. The van der Waals surface area contributed by atoms with Crippen LogP contribution in [-0.2, 0) is 20.4 Å². The van der Waals surface area contributed by atoms with Crippen LogP contribution in [0.2, 0.25) is 0 Å². The number of aliphatic carboxylic acids is 1. The average molecular weight is 309 g/mol. The van der Waals surface area contributed by atoms with Crippen molar-refractivity contribution in [2.24, 2.45) is 5.41 Å². The van der Waals surface area contributed by atoms with Gasteiger partial charge in [0.25, 0.3) is 0 Å². The molecule has 1 aromatic carbocycles. The smallest absolute Gasteiger partial charge is 0.303 e. The normalized spacial score (nSPS) is 17.0. The second-order valence-electron chi connectivity index (χ2n) is 5.72. The van der Waals surface area contributed by atoms with Gasteiger partial charge in [-0.2, -0.15) is 0 Å². The Morgan fingerprint density at radius 2 is 2.10 bits per heavy atom. The van der Waals surface area contributed by atoms with E-state index in [9.17, 15) is 13.8 Å². The Kier molecular flexibility index (Phi) is 4.77. The summed E-state index contributed by atoms with van der Waals surface area (Å²) in [4.78, 5) is 22.6. The third-order valence-corrected chi connectivity index (χ3v) is 5.06. The molecule has 0 bridgehead atoms. The predicted molar refractivity (Wildman–Crippen MR) is 81.6 cm³/mol. The molecule has 114 valence electrons. The van der Waals surface area contributed by atoms with Gasteiger partial charge in [0.15, 0.2) is 0 Å². The summed E-state index contributed by atoms with van der Waals surface area (Å²) in [6.07, 6.45) is 1.60. The number of hydrogen-bond donors (Lipinski definition) is 2. The third-order valence-electron chi connectivity index (χ3n) is 3.54. The SMILES string of the molecule is Cc1cccc(NC(=O)CS(=O)CC2(CC(=O)O)CC2)c1. The molecule has 1 aliphatic carbocycles. The van der Waals surface area contributed by atoms with Crippen LogP contribution in [0.4, 0.5) is 5.69 Å². The lowest BCUT2D eigenvalue weighted by Gasteiger charge is -2.12. The molecule has 0 aliphatic heterocycles. The minimum absolute atomic E-state index is 0.0399. The van der Waals surface area contributed by atoms with E-state index < -0.39 is 16.8 Å². The topological polar surface area (TPSA) is 83.5 Å². The van der Waals surface area contributed by atoms with E-state index >= 15 is 0 Å². The van der Waals surface area contributed by atoms with Crippen molar-refractivity contribution >= 4 is 28.4 Å². The summed E-state index contributed by atoms with van der Waals surface area (Å²) >= 11 is 0. The summed E-state index contributed by atoms with van der Waals surface area (Å²) in [7, 11) is -1.33. The van der Waals surface area contributed by atoms with Gasteiger partial charge in [-0.05, 0) is 42.9 Å². The number of carbonyl (C=O) groups excluding carboxylic acids is 1. The maximum atomic E-state index is 12.0. The number of benzene rings is 1. The van der Waals surface area contributed by atoms with Gasteiger partial charge < -0.3 is 10.4 Å². The number of aryl methyl sites for hydroxylation is 1. The van der Waals surface area contributed by atoms with Gasteiger partial charge in [0.2, 0.25) is 5.91 Å². The van der Waals surface area contributed by atoms with Crippen molar-refractivity contribution in [3.8, 4) is 0 Å². The van der Waals surface area contributed by atoms with Gasteiger partial charge in [0.1, 0.15) is 5.75 Å². The lowest BCUT2D eigenvalue weighted by molar-refractivity contribution is -0.138. The average Bonchev–Trinajstić information content (AvgIpc) is 3.06. The van der Waals surface area contributed by atoms with Gasteiger partial charge in [-0.15, -0.1) is 0 Å². The molecular formula is C15H19NO4S. The number of anilines is 1. The molecule has 2 rings (SSSR count). The van der Waals surface area contributed by atoms with Crippen LogP contribution in [0.1, 0.15) is 24.8 Å². The molecule has 1 aliphatic rings. The fourth-order valence-electron chi connectivity index (χ4n) is 2.33. The van der Waals surface area contributed by atoms with Crippen LogP contribution in [0.25, 0.3) is 0 Å². The maximum absolute atomic E-state index is 12.0. The summed E-state index contributed by atoms with van der Waals surface area (Å²) in [5, 5.41) is 11.5. The number of carbonyl (C=O) groups is 2. The van der Waals surface area contributed by atoms with Gasteiger partial charge in [0.05, 0.1) is 6.42 Å². The number of hydrogen-bond acceptors (Lipinski definition) is 3. The number of carboxylic acids is 1. The number of nitrogens with one attached hydrogen (secondary N) is 1. The summed E-state index contributed by atoms with van der Waals surface area (Å²) < 4.78 is 12.0. The van der Waals surface area contributed by atoms with Crippen molar-refractivity contribution in [2.75, 3.05) is 16.8 Å². The van der Waals surface area contributed by atoms with Crippen LogP contribution >= 0.6 is 0 Å². The summed E-state index contributed by atoms with van der Waals surface area (Å²) in [6, 6.07) is 7.39. The Bertz CT molecular complexity index is 581. The predicted octanol–water partition coefficient (Wildman–Crippen LogP) is 1.94. The molecule has 2 N–H and O–H groups in total. The number of rotatable bonds is 7. The van der Waals surface area contributed by atoms with Crippen molar-refractivity contribution in [1.29, 1.82) is 0 Å². The largest absolute Gasteiger partial charge is 0.481 e. The molecular weight excluding hydrogens is 290 g/mol. The van der Waals surface area contributed by atoms with Crippen molar-refractivity contribution in [2.45, 2.75) is 26.2 Å². The van der Waals surface area contributed by atoms with Crippen molar-refractivity contribution < 1.29 is 18.9 Å². The van der Waals surface area contributed by atoms with Crippen LogP contribution in [0.5, 0.6) is 0 Å². The molecule has 0 spiro atoms. The fourth-order valence-corrected chi connectivity index (χ4v) is 3.87. The Morgan fingerprint density at radius 3 is 2.67 bits per heavy atom. The van der Waals surface area contributed by atoms with E-state index in [1.807, 2.05) is 25.1 Å². The molecule has 0 heterocycles. The van der Waals surface area contributed by atoms with Crippen LogP contribution < -0.4 is 5.32 Å². The van der Waals surface area contributed by atoms with E-state index in [0.29, 0.717) is 11.4 Å². The van der Waals surface area contributed by atoms with E-state index in [-0.39, 0.29) is 23.5 Å². The van der Waals surface area contributed by atoms with E-state index in [1.54, 1.807) is 6.07 Å². The number of amides is 1. The van der Waals surface area contributed by atoms with Gasteiger partial charge >= 0.3 is 5.97 Å². The summed E-state index contributed by atoms with van der Waals surface area (Å²) in [5.41, 5.74) is 1.37. The van der Waals surface area contributed by atoms with Gasteiger partial charge in [-0.3, -0.25) is 13.8 Å². The molecule has 1 aromatic rings. The first-order valence-electron chi connectivity index (χ1n) is 6.82. The Morgan fingerprint density at radius 1 is 1.38 bits per heavy atom. The molecule has 1 atom stereocenters. The zero-order chi connectivity index (χ0) is 15.5. The van der Waals surface area contributed by atoms with Crippen LogP contribution in [-0.4, -0.2) is 32.7 Å². The Balaban J connectivity index is 1.83. The zero-order valence-electron chi connectivity index (χ0n) is 11.9. The lowest BCUT2D eigenvalue weighted by Crippen LogP contribution is -2.25.